The number of aromatic nitrogens is 3. The normalized spacial score (nSPS) is 11.7. The van der Waals surface area contributed by atoms with Gasteiger partial charge in [0.2, 0.25) is 0 Å². The SMILES string of the molecule is O=c1[nH]c(Cc2ccno2)nc(C(F)(F)F)c1Cc1ccc(Cl)c(Cl)c1. The number of benzene rings is 1. The van der Waals surface area contributed by atoms with Gasteiger partial charge < -0.3 is 9.51 Å². The van der Waals surface area contributed by atoms with Gasteiger partial charge >= 0.3 is 6.18 Å². The first-order valence-corrected chi connectivity index (χ1v) is 8.02. The van der Waals surface area contributed by atoms with Crippen LogP contribution in [0.3, 0.4) is 0 Å². The summed E-state index contributed by atoms with van der Waals surface area (Å²) >= 11 is 11.7. The van der Waals surface area contributed by atoms with E-state index in [0.29, 0.717) is 5.56 Å². The average molecular weight is 404 g/mol. The maximum absolute atomic E-state index is 13.4. The number of aromatic amines is 1. The van der Waals surface area contributed by atoms with E-state index in [-0.39, 0.29) is 34.5 Å². The molecule has 0 spiro atoms. The molecule has 5 nitrogen and oxygen atoms in total. The Morgan fingerprint density at radius 1 is 1.12 bits per heavy atom. The minimum Gasteiger partial charge on any atom is -0.361 e. The second-order valence-corrected chi connectivity index (χ2v) is 6.23. The van der Waals surface area contributed by atoms with Crippen LogP contribution in [-0.4, -0.2) is 15.1 Å². The lowest BCUT2D eigenvalue weighted by Crippen LogP contribution is -2.25. The summed E-state index contributed by atoms with van der Waals surface area (Å²) in [6.45, 7) is 0. The van der Waals surface area contributed by atoms with E-state index in [1.54, 1.807) is 0 Å². The van der Waals surface area contributed by atoms with Crippen LogP contribution < -0.4 is 5.56 Å². The molecular weight excluding hydrogens is 394 g/mol. The topological polar surface area (TPSA) is 71.8 Å². The molecule has 0 saturated carbocycles. The number of rotatable bonds is 4. The summed E-state index contributed by atoms with van der Waals surface area (Å²) in [6.07, 6.45) is -3.87. The van der Waals surface area contributed by atoms with Crippen LogP contribution in [-0.2, 0) is 19.0 Å². The molecule has 10 heteroatoms. The van der Waals surface area contributed by atoms with Crippen LogP contribution in [0.4, 0.5) is 13.2 Å². The lowest BCUT2D eigenvalue weighted by molar-refractivity contribution is -0.142. The van der Waals surface area contributed by atoms with Crippen molar-refractivity contribution in [3.8, 4) is 0 Å². The summed E-state index contributed by atoms with van der Waals surface area (Å²) in [6, 6.07) is 5.82. The minimum atomic E-state index is -4.80. The number of nitrogens with zero attached hydrogens (tertiary/aromatic N) is 2. The number of nitrogens with one attached hydrogen (secondary N) is 1. The molecule has 1 N–H and O–H groups in total. The second-order valence-electron chi connectivity index (χ2n) is 5.42. The third kappa shape index (κ3) is 4.08. The molecule has 0 aliphatic heterocycles. The van der Waals surface area contributed by atoms with Gasteiger partial charge in [0.05, 0.1) is 28.2 Å². The maximum Gasteiger partial charge on any atom is 0.433 e. The number of hydrogen-bond donors (Lipinski definition) is 1. The van der Waals surface area contributed by atoms with Crippen LogP contribution in [0.15, 0.2) is 39.8 Å². The van der Waals surface area contributed by atoms with E-state index in [9.17, 15) is 18.0 Å². The van der Waals surface area contributed by atoms with Crippen molar-refractivity contribution in [2.45, 2.75) is 19.0 Å². The van der Waals surface area contributed by atoms with E-state index in [1.807, 2.05) is 0 Å². The second kappa shape index (κ2) is 7.13. The quantitative estimate of drug-likeness (QED) is 0.705. The molecule has 0 unspecified atom stereocenters. The van der Waals surface area contributed by atoms with Gasteiger partial charge in [-0.15, -0.1) is 0 Å². The van der Waals surface area contributed by atoms with Gasteiger partial charge in [0, 0.05) is 12.5 Å². The first kappa shape index (κ1) is 18.5. The molecule has 2 heterocycles. The number of hydrogen-bond acceptors (Lipinski definition) is 4. The molecule has 0 bridgehead atoms. The minimum absolute atomic E-state index is 0.120. The number of H-pyrrole nitrogens is 1. The molecular formula is C16H10Cl2F3N3O2. The van der Waals surface area contributed by atoms with Gasteiger partial charge in [-0.2, -0.15) is 13.2 Å². The van der Waals surface area contributed by atoms with Gasteiger partial charge in [0.1, 0.15) is 11.6 Å². The van der Waals surface area contributed by atoms with E-state index in [4.69, 9.17) is 27.7 Å². The summed E-state index contributed by atoms with van der Waals surface area (Å²) in [5.74, 6) is 0.107. The predicted molar refractivity (Wildman–Crippen MR) is 88.4 cm³/mol. The Morgan fingerprint density at radius 3 is 2.50 bits per heavy atom. The highest BCUT2D eigenvalue weighted by molar-refractivity contribution is 6.42. The molecule has 1 aromatic carbocycles. The molecule has 0 amide bonds. The molecule has 0 radical (unpaired) electrons. The van der Waals surface area contributed by atoms with E-state index >= 15 is 0 Å². The summed E-state index contributed by atoms with van der Waals surface area (Å²) in [4.78, 5) is 18.2. The fraction of sp³-hybridized carbons (Fsp3) is 0.188. The van der Waals surface area contributed by atoms with Crippen molar-refractivity contribution in [1.82, 2.24) is 15.1 Å². The van der Waals surface area contributed by atoms with Gasteiger partial charge in [-0.25, -0.2) is 4.98 Å². The Morgan fingerprint density at radius 2 is 1.88 bits per heavy atom. The highest BCUT2D eigenvalue weighted by atomic mass is 35.5. The first-order chi connectivity index (χ1) is 12.2. The number of halogens is 5. The Balaban J connectivity index is 2.03. The van der Waals surface area contributed by atoms with Crippen molar-refractivity contribution in [3.63, 3.8) is 0 Å². The molecule has 0 atom stereocenters. The molecule has 136 valence electrons. The smallest absolute Gasteiger partial charge is 0.361 e. The summed E-state index contributed by atoms with van der Waals surface area (Å²) in [7, 11) is 0. The van der Waals surface area contributed by atoms with E-state index < -0.39 is 23.0 Å². The highest BCUT2D eigenvalue weighted by Gasteiger charge is 2.37. The van der Waals surface area contributed by atoms with Gasteiger partial charge in [-0.3, -0.25) is 4.79 Å². The number of alkyl halides is 3. The molecule has 3 aromatic rings. The molecule has 26 heavy (non-hydrogen) atoms. The average Bonchev–Trinajstić information content (AvgIpc) is 3.05. The molecule has 0 saturated heterocycles. The van der Waals surface area contributed by atoms with E-state index in [1.165, 1.54) is 30.5 Å². The van der Waals surface area contributed by atoms with E-state index in [0.717, 1.165) is 0 Å². The zero-order valence-electron chi connectivity index (χ0n) is 12.9. The highest BCUT2D eigenvalue weighted by Crippen LogP contribution is 2.31. The fourth-order valence-electron chi connectivity index (χ4n) is 2.38. The molecule has 2 aromatic heterocycles. The van der Waals surface area contributed by atoms with Gasteiger partial charge in [0.15, 0.2) is 5.69 Å². The predicted octanol–water partition coefficient (Wildman–Crippen LogP) is 4.27. The van der Waals surface area contributed by atoms with E-state index in [2.05, 4.69) is 15.1 Å². The van der Waals surface area contributed by atoms with Gasteiger partial charge in [0.25, 0.3) is 5.56 Å². The van der Waals surface area contributed by atoms with Crippen LogP contribution >= 0.6 is 23.2 Å². The Kier molecular flexibility index (Phi) is 5.06. The third-order valence-corrected chi connectivity index (χ3v) is 4.27. The van der Waals surface area contributed by atoms with Crippen molar-refractivity contribution in [3.05, 3.63) is 79.3 Å². The molecule has 3 rings (SSSR count). The maximum atomic E-state index is 13.4. The van der Waals surface area contributed by atoms with Crippen LogP contribution in [0, 0.1) is 0 Å². The molecule has 0 aliphatic carbocycles. The Hall–Kier alpha value is -2.32. The van der Waals surface area contributed by atoms with Crippen molar-refractivity contribution >= 4 is 23.2 Å². The first-order valence-electron chi connectivity index (χ1n) is 7.27. The van der Waals surface area contributed by atoms with Crippen LogP contribution in [0.5, 0.6) is 0 Å². The molecule has 0 aliphatic rings. The third-order valence-electron chi connectivity index (χ3n) is 3.53. The summed E-state index contributed by atoms with van der Waals surface area (Å²) in [5.41, 5.74) is -2.23. The van der Waals surface area contributed by atoms with Crippen LogP contribution in [0.1, 0.15) is 28.4 Å². The lowest BCUT2D eigenvalue weighted by Gasteiger charge is -2.13. The zero-order valence-corrected chi connectivity index (χ0v) is 14.4. The van der Waals surface area contributed by atoms with Crippen molar-refractivity contribution in [2.75, 3.05) is 0 Å². The van der Waals surface area contributed by atoms with Crippen LogP contribution in [0.25, 0.3) is 0 Å². The van der Waals surface area contributed by atoms with Crippen molar-refractivity contribution in [2.24, 2.45) is 0 Å². The zero-order chi connectivity index (χ0) is 18.9. The lowest BCUT2D eigenvalue weighted by atomic mass is 10.0. The monoisotopic (exact) mass is 403 g/mol. The van der Waals surface area contributed by atoms with Crippen molar-refractivity contribution < 1.29 is 17.7 Å². The standard InChI is InChI=1S/C16H10Cl2F3N3O2/c17-11-2-1-8(6-12(11)18)5-10-14(16(19,20)21)23-13(24-15(10)25)7-9-3-4-22-26-9/h1-4,6H,5,7H2,(H,23,24,25). The summed E-state index contributed by atoms with van der Waals surface area (Å²) in [5, 5.41) is 3.91. The Bertz CT molecular complexity index is 985. The van der Waals surface area contributed by atoms with Crippen molar-refractivity contribution in [1.29, 1.82) is 0 Å². The Labute approximate surface area is 154 Å². The largest absolute Gasteiger partial charge is 0.433 e. The van der Waals surface area contributed by atoms with Gasteiger partial charge in [-0.1, -0.05) is 34.4 Å². The van der Waals surface area contributed by atoms with Crippen LogP contribution in [0.2, 0.25) is 10.0 Å². The van der Waals surface area contributed by atoms with Gasteiger partial charge in [-0.05, 0) is 17.7 Å². The molecule has 0 fully saturated rings. The summed E-state index contributed by atoms with van der Waals surface area (Å²) < 4.78 is 45.1. The fourth-order valence-corrected chi connectivity index (χ4v) is 2.70.